The summed E-state index contributed by atoms with van der Waals surface area (Å²) in [7, 11) is 0. The largest absolute Gasteiger partial charge is 0.462 e. The van der Waals surface area contributed by atoms with Crippen LogP contribution in [0.4, 0.5) is 0 Å². The molecule has 0 amide bonds. The lowest BCUT2D eigenvalue weighted by atomic mass is 10.0. The van der Waals surface area contributed by atoms with Crippen LogP contribution in [0.15, 0.2) is 109 Å². The summed E-state index contributed by atoms with van der Waals surface area (Å²) in [6, 6.07) is 0. The Hall–Kier alpha value is -3.93. The van der Waals surface area contributed by atoms with Crippen LogP contribution in [0.3, 0.4) is 0 Å². The molecule has 0 bridgehead atoms. The number of hydrogen-bond donors (Lipinski definition) is 0. The summed E-state index contributed by atoms with van der Waals surface area (Å²) in [6.07, 6.45) is 92.9. The quantitative estimate of drug-likeness (QED) is 0.0261. The fourth-order valence-corrected chi connectivity index (χ4v) is 9.57. The zero-order chi connectivity index (χ0) is 57.8. The van der Waals surface area contributed by atoms with E-state index in [-0.39, 0.29) is 31.6 Å². The van der Waals surface area contributed by atoms with E-state index < -0.39 is 12.1 Å². The van der Waals surface area contributed by atoms with E-state index in [2.05, 4.69) is 118 Å². The molecule has 80 heavy (non-hydrogen) atoms. The molecule has 0 radical (unpaired) electrons. The molecule has 0 aromatic carbocycles. The van der Waals surface area contributed by atoms with Crippen LogP contribution in [0.2, 0.25) is 0 Å². The molecule has 0 aliphatic carbocycles. The van der Waals surface area contributed by atoms with Crippen LogP contribution < -0.4 is 0 Å². The highest BCUT2D eigenvalue weighted by atomic mass is 16.6. The van der Waals surface area contributed by atoms with Gasteiger partial charge in [0.05, 0.1) is 6.42 Å². The van der Waals surface area contributed by atoms with Crippen molar-refractivity contribution < 1.29 is 28.6 Å². The molecule has 6 heteroatoms. The first-order valence-corrected chi connectivity index (χ1v) is 33.9. The van der Waals surface area contributed by atoms with E-state index in [4.69, 9.17) is 14.2 Å². The topological polar surface area (TPSA) is 78.9 Å². The van der Waals surface area contributed by atoms with Gasteiger partial charge in [-0.3, -0.25) is 14.4 Å². The summed E-state index contributed by atoms with van der Waals surface area (Å²) < 4.78 is 16.8. The van der Waals surface area contributed by atoms with Gasteiger partial charge in [-0.2, -0.15) is 0 Å². The lowest BCUT2D eigenvalue weighted by Crippen LogP contribution is -2.30. The molecule has 0 heterocycles. The molecule has 0 saturated carbocycles. The third kappa shape index (κ3) is 64.9. The van der Waals surface area contributed by atoms with Gasteiger partial charge in [-0.25, -0.2) is 0 Å². The van der Waals surface area contributed by atoms with Gasteiger partial charge in [0.1, 0.15) is 13.2 Å². The number of ether oxygens (including phenoxy) is 3. The highest BCUT2D eigenvalue weighted by Gasteiger charge is 2.19. The summed E-state index contributed by atoms with van der Waals surface area (Å²) >= 11 is 0. The molecule has 0 spiro atoms. The zero-order valence-electron chi connectivity index (χ0n) is 52.6. The maximum atomic E-state index is 12.9. The Morgan fingerprint density at radius 1 is 0.275 bits per heavy atom. The third-order valence-corrected chi connectivity index (χ3v) is 14.6. The van der Waals surface area contributed by atoms with Gasteiger partial charge in [-0.15, -0.1) is 0 Å². The number of hydrogen-bond acceptors (Lipinski definition) is 6. The van der Waals surface area contributed by atoms with Crippen LogP contribution in [0.5, 0.6) is 0 Å². The predicted molar refractivity (Wildman–Crippen MR) is 348 cm³/mol. The molecular formula is C74H126O6. The van der Waals surface area contributed by atoms with Crippen LogP contribution in [-0.4, -0.2) is 37.2 Å². The first-order chi connectivity index (χ1) is 39.5. The Balaban J connectivity index is 4.26. The molecule has 0 aliphatic heterocycles. The van der Waals surface area contributed by atoms with Crippen LogP contribution in [0.25, 0.3) is 0 Å². The van der Waals surface area contributed by atoms with Crippen LogP contribution in [0, 0.1) is 0 Å². The highest BCUT2D eigenvalue weighted by molar-refractivity contribution is 5.72. The van der Waals surface area contributed by atoms with Gasteiger partial charge in [-0.05, 0) is 83.5 Å². The van der Waals surface area contributed by atoms with Gasteiger partial charge in [0.25, 0.3) is 0 Å². The van der Waals surface area contributed by atoms with E-state index >= 15 is 0 Å². The minimum atomic E-state index is -0.817. The van der Waals surface area contributed by atoms with Crippen molar-refractivity contribution in [3.05, 3.63) is 109 Å². The van der Waals surface area contributed by atoms with Crippen LogP contribution in [-0.2, 0) is 28.6 Å². The van der Waals surface area contributed by atoms with Gasteiger partial charge >= 0.3 is 17.9 Å². The summed E-state index contributed by atoms with van der Waals surface area (Å²) in [4.78, 5) is 38.3. The van der Waals surface area contributed by atoms with Crippen LogP contribution in [0.1, 0.15) is 323 Å². The third-order valence-electron chi connectivity index (χ3n) is 14.6. The molecule has 0 rings (SSSR count). The van der Waals surface area contributed by atoms with Crippen molar-refractivity contribution in [3.63, 3.8) is 0 Å². The second-order valence-corrected chi connectivity index (χ2v) is 22.3. The predicted octanol–water partition coefficient (Wildman–Crippen LogP) is 23.4. The molecule has 0 saturated heterocycles. The monoisotopic (exact) mass is 1110 g/mol. The lowest BCUT2D eigenvalue weighted by Gasteiger charge is -2.18. The van der Waals surface area contributed by atoms with Crippen LogP contribution >= 0.6 is 0 Å². The molecule has 0 N–H and O–H groups in total. The normalized spacial score (nSPS) is 12.8. The molecule has 0 aromatic heterocycles. The van der Waals surface area contributed by atoms with E-state index in [1.165, 1.54) is 186 Å². The molecule has 0 aromatic rings. The van der Waals surface area contributed by atoms with Gasteiger partial charge in [0, 0.05) is 12.8 Å². The molecule has 6 nitrogen and oxygen atoms in total. The summed E-state index contributed by atoms with van der Waals surface area (Å²) in [6.45, 7) is 6.36. The Bertz CT molecular complexity index is 1610. The second-order valence-electron chi connectivity index (χ2n) is 22.3. The average molecular weight is 1110 g/mol. The molecule has 1 unspecified atom stereocenters. The Kier molecular flexibility index (Phi) is 64.3. The summed E-state index contributed by atoms with van der Waals surface area (Å²) in [5, 5.41) is 0. The summed E-state index contributed by atoms with van der Waals surface area (Å²) in [5.41, 5.74) is 0. The maximum Gasteiger partial charge on any atom is 0.309 e. The van der Waals surface area contributed by atoms with Gasteiger partial charge in [0.2, 0.25) is 0 Å². The van der Waals surface area contributed by atoms with E-state index in [0.29, 0.717) is 12.8 Å². The Morgan fingerprint density at radius 3 is 0.875 bits per heavy atom. The van der Waals surface area contributed by atoms with Crippen molar-refractivity contribution in [1.29, 1.82) is 0 Å². The first-order valence-electron chi connectivity index (χ1n) is 33.9. The Labute approximate surface area is 495 Å². The highest BCUT2D eigenvalue weighted by Crippen LogP contribution is 2.17. The zero-order valence-corrected chi connectivity index (χ0v) is 52.6. The van der Waals surface area contributed by atoms with Crippen molar-refractivity contribution in [1.82, 2.24) is 0 Å². The number of allylic oxidation sites excluding steroid dienone is 17. The number of rotatable bonds is 61. The fourth-order valence-electron chi connectivity index (χ4n) is 9.57. The molecule has 0 fully saturated rings. The molecule has 0 aliphatic rings. The van der Waals surface area contributed by atoms with E-state index in [9.17, 15) is 14.4 Å². The number of esters is 3. The minimum Gasteiger partial charge on any atom is -0.462 e. The second kappa shape index (κ2) is 67.6. The number of unbranched alkanes of at least 4 members (excludes halogenated alkanes) is 33. The summed E-state index contributed by atoms with van der Waals surface area (Å²) in [5.74, 6) is -1.02. The number of carbonyl (C=O) groups excluding carboxylic acids is 3. The maximum absolute atomic E-state index is 12.9. The SMILES string of the molecule is CC/C=C\C/C=C\C/C=C\C/C=C\C/C=C\CC(=O)OCC(COC(=O)CCCCCCCCCCCCCCCCCCCC/C=C\C/C=C\C/C=C\C/C=C\CC)OC(=O)CCCCCCCCCCCCCCCCCC. The molecule has 458 valence electrons. The standard InChI is InChI=1S/C74H126O6/c1-4-7-10-13-16-19-22-25-28-30-31-32-33-34-35-36-37-38-39-40-41-42-43-44-47-49-52-55-58-61-64-67-73(76)79-70-71(69-78-72(75)66-63-60-57-54-51-48-45-27-24-21-18-15-12-9-6-3)80-74(77)68-65-62-59-56-53-50-46-29-26-23-20-17-14-11-8-5-2/h7,9-10,12,16,18-19,21,25,27-28,31-32,45,51,54,60,63,71H,4-6,8,11,13-15,17,20,22-24,26,29-30,33-44,46-50,52-53,55-59,61-62,64-70H2,1-3H3/b10-7-,12-9-,19-16-,21-18-,28-25-,32-31-,45-27-,54-51-,63-60-. The Morgan fingerprint density at radius 2 is 0.537 bits per heavy atom. The van der Waals surface area contributed by atoms with Gasteiger partial charge in [0.15, 0.2) is 6.10 Å². The average Bonchev–Trinajstić information content (AvgIpc) is 3.46. The van der Waals surface area contributed by atoms with Gasteiger partial charge < -0.3 is 14.2 Å². The number of carbonyl (C=O) groups is 3. The first kappa shape index (κ1) is 76.1. The van der Waals surface area contributed by atoms with Gasteiger partial charge in [-0.1, -0.05) is 329 Å². The van der Waals surface area contributed by atoms with E-state index in [1.807, 2.05) is 6.08 Å². The molecular weight excluding hydrogens is 985 g/mol. The van der Waals surface area contributed by atoms with Crippen molar-refractivity contribution in [3.8, 4) is 0 Å². The van der Waals surface area contributed by atoms with E-state index in [1.54, 1.807) is 6.08 Å². The van der Waals surface area contributed by atoms with Crippen molar-refractivity contribution in [2.24, 2.45) is 0 Å². The smallest absolute Gasteiger partial charge is 0.309 e. The van der Waals surface area contributed by atoms with Crippen molar-refractivity contribution in [2.45, 2.75) is 329 Å². The minimum absolute atomic E-state index is 0.104. The van der Waals surface area contributed by atoms with Crippen molar-refractivity contribution >= 4 is 17.9 Å². The van der Waals surface area contributed by atoms with E-state index in [0.717, 1.165) is 96.3 Å². The lowest BCUT2D eigenvalue weighted by molar-refractivity contribution is -0.166. The fraction of sp³-hybridized carbons (Fsp3) is 0.716. The van der Waals surface area contributed by atoms with Crippen molar-refractivity contribution in [2.75, 3.05) is 13.2 Å². The molecule has 1 atom stereocenters.